The highest BCUT2D eigenvalue weighted by molar-refractivity contribution is 5.75. The van der Waals surface area contributed by atoms with E-state index >= 15 is 0 Å². The molecule has 0 saturated carbocycles. The van der Waals surface area contributed by atoms with Crippen molar-refractivity contribution in [2.75, 3.05) is 32.8 Å². The lowest BCUT2D eigenvalue weighted by Gasteiger charge is -2.32. The van der Waals surface area contributed by atoms with Gasteiger partial charge < -0.3 is 14.5 Å². The summed E-state index contributed by atoms with van der Waals surface area (Å²) in [6, 6.07) is 3.90. The van der Waals surface area contributed by atoms with Gasteiger partial charge >= 0.3 is 0 Å². The van der Waals surface area contributed by atoms with Crippen LogP contribution in [0, 0.1) is 5.92 Å². The van der Waals surface area contributed by atoms with Crippen molar-refractivity contribution in [1.82, 2.24) is 10.2 Å². The fourth-order valence-corrected chi connectivity index (χ4v) is 3.90. The lowest BCUT2D eigenvalue weighted by Crippen LogP contribution is -2.35. The number of nitrogens with one attached hydrogen (secondary N) is 1. The van der Waals surface area contributed by atoms with E-state index in [2.05, 4.69) is 23.2 Å². The van der Waals surface area contributed by atoms with Crippen LogP contribution in [0.2, 0.25) is 0 Å². The molecule has 2 aliphatic rings. The molecule has 26 heavy (non-hydrogen) atoms. The minimum Gasteiger partial charge on any atom is -0.465 e. The van der Waals surface area contributed by atoms with Gasteiger partial charge in [0.25, 0.3) is 0 Å². The molecule has 1 unspecified atom stereocenters. The van der Waals surface area contributed by atoms with Crippen molar-refractivity contribution in [3.05, 3.63) is 29.7 Å². The van der Waals surface area contributed by atoms with Crippen LogP contribution in [0.15, 0.2) is 28.4 Å². The average Bonchev–Trinajstić information content (AvgIpc) is 3.33. The van der Waals surface area contributed by atoms with Crippen LogP contribution in [0.3, 0.4) is 0 Å². The summed E-state index contributed by atoms with van der Waals surface area (Å²) in [5, 5.41) is 3.03. The minimum atomic E-state index is 0.181. The van der Waals surface area contributed by atoms with Gasteiger partial charge in [-0.15, -0.1) is 0 Å². The van der Waals surface area contributed by atoms with Gasteiger partial charge in [-0.05, 0) is 76.2 Å². The zero-order valence-electron chi connectivity index (χ0n) is 15.9. The van der Waals surface area contributed by atoms with Gasteiger partial charge in [-0.2, -0.15) is 0 Å². The topological polar surface area (TPSA) is 54.7 Å². The highest BCUT2D eigenvalue weighted by Crippen LogP contribution is 2.23. The van der Waals surface area contributed by atoms with E-state index < -0.39 is 0 Å². The molecule has 0 radical (unpaired) electrons. The summed E-state index contributed by atoms with van der Waals surface area (Å²) in [6.45, 7) is 6.91. The first kappa shape index (κ1) is 19.2. The third kappa shape index (κ3) is 6.29. The molecule has 2 saturated heterocycles. The molecule has 0 bridgehead atoms. The molecular formula is C21H32N2O3. The molecule has 2 aliphatic heterocycles. The van der Waals surface area contributed by atoms with Crippen molar-refractivity contribution in [3.8, 4) is 0 Å². The van der Waals surface area contributed by atoms with Gasteiger partial charge in [-0.25, -0.2) is 0 Å². The summed E-state index contributed by atoms with van der Waals surface area (Å²) < 4.78 is 10.9. The van der Waals surface area contributed by atoms with Crippen LogP contribution in [-0.2, 0) is 9.53 Å². The molecule has 1 N–H and O–H groups in total. The number of carbonyl (C=O) groups is 1. The lowest BCUT2D eigenvalue weighted by molar-refractivity contribution is -0.122. The van der Waals surface area contributed by atoms with Gasteiger partial charge in [-0.1, -0.05) is 5.57 Å². The molecule has 0 spiro atoms. The first-order valence-corrected chi connectivity index (χ1v) is 10.0. The Morgan fingerprint density at radius 2 is 2.19 bits per heavy atom. The van der Waals surface area contributed by atoms with Gasteiger partial charge in [0.1, 0.15) is 5.76 Å². The van der Waals surface area contributed by atoms with E-state index in [0.29, 0.717) is 18.9 Å². The predicted molar refractivity (Wildman–Crippen MR) is 103 cm³/mol. The minimum absolute atomic E-state index is 0.181. The summed E-state index contributed by atoms with van der Waals surface area (Å²) in [5.74, 6) is 1.78. The number of ether oxygens (including phenoxy) is 1. The van der Waals surface area contributed by atoms with Crippen LogP contribution in [0.4, 0.5) is 0 Å². The standard InChI is InChI=1S/C21H32N2O3/c1-17(14-19-4-2-12-25-19)16-23-10-8-18(9-11-23)6-7-21(24)22-15-20-5-3-13-26-20/h2,4,12,14,18,20H,3,5-11,13,15-16H2,1H3,(H,22,24)/b17-14+. The highest BCUT2D eigenvalue weighted by Gasteiger charge is 2.21. The Morgan fingerprint density at radius 1 is 1.35 bits per heavy atom. The van der Waals surface area contributed by atoms with Crippen LogP contribution in [-0.4, -0.2) is 49.7 Å². The number of hydrogen-bond acceptors (Lipinski definition) is 4. The van der Waals surface area contributed by atoms with Gasteiger partial charge in [0.2, 0.25) is 5.91 Å². The Morgan fingerprint density at radius 3 is 2.88 bits per heavy atom. The van der Waals surface area contributed by atoms with Crippen LogP contribution in [0.25, 0.3) is 6.08 Å². The Hall–Kier alpha value is -1.59. The first-order chi connectivity index (χ1) is 12.7. The van der Waals surface area contributed by atoms with Crippen molar-refractivity contribution < 1.29 is 13.9 Å². The van der Waals surface area contributed by atoms with Gasteiger partial charge in [0.15, 0.2) is 0 Å². The van der Waals surface area contributed by atoms with Crippen LogP contribution < -0.4 is 5.32 Å². The van der Waals surface area contributed by atoms with Crippen molar-refractivity contribution >= 4 is 12.0 Å². The summed E-state index contributed by atoms with van der Waals surface area (Å²) in [6.07, 6.45) is 10.3. The number of hydrogen-bond donors (Lipinski definition) is 1. The van der Waals surface area contributed by atoms with E-state index in [1.807, 2.05) is 12.1 Å². The average molecular weight is 360 g/mol. The number of rotatable bonds is 8. The number of furan rings is 1. The van der Waals surface area contributed by atoms with E-state index in [1.165, 1.54) is 18.4 Å². The maximum atomic E-state index is 12.0. The fraction of sp³-hybridized carbons (Fsp3) is 0.667. The second kappa shape index (κ2) is 9.93. The van der Waals surface area contributed by atoms with E-state index in [9.17, 15) is 4.79 Å². The molecule has 144 valence electrons. The maximum Gasteiger partial charge on any atom is 0.220 e. The highest BCUT2D eigenvalue weighted by atomic mass is 16.5. The zero-order chi connectivity index (χ0) is 18.2. The molecule has 1 amide bonds. The molecule has 5 nitrogen and oxygen atoms in total. The number of nitrogens with zero attached hydrogens (tertiary/aromatic N) is 1. The summed E-state index contributed by atoms with van der Waals surface area (Å²) in [4.78, 5) is 14.5. The number of carbonyl (C=O) groups excluding carboxylic acids is 1. The van der Waals surface area contributed by atoms with Gasteiger partial charge in [-0.3, -0.25) is 9.69 Å². The largest absolute Gasteiger partial charge is 0.465 e. The van der Waals surface area contributed by atoms with Crippen LogP contribution in [0.1, 0.15) is 51.2 Å². The third-order valence-electron chi connectivity index (χ3n) is 5.44. The summed E-state index contributed by atoms with van der Waals surface area (Å²) in [7, 11) is 0. The SMILES string of the molecule is C/C(=C\c1ccco1)CN1CCC(CCC(=O)NCC2CCCO2)CC1. The number of amides is 1. The van der Waals surface area contributed by atoms with Crippen LogP contribution in [0.5, 0.6) is 0 Å². The second-order valence-corrected chi connectivity index (χ2v) is 7.70. The maximum absolute atomic E-state index is 12.0. The Labute approximate surface area is 156 Å². The summed E-state index contributed by atoms with van der Waals surface area (Å²) >= 11 is 0. The second-order valence-electron chi connectivity index (χ2n) is 7.70. The molecule has 3 heterocycles. The Bertz CT molecular complexity index is 568. The van der Waals surface area contributed by atoms with E-state index in [4.69, 9.17) is 9.15 Å². The van der Waals surface area contributed by atoms with E-state index in [1.54, 1.807) is 6.26 Å². The lowest BCUT2D eigenvalue weighted by atomic mass is 9.92. The number of piperidine rings is 1. The number of likely N-dealkylation sites (tertiary alicyclic amines) is 1. The predicted octanol–water partition coefficient (Wildman–Crippen LogP) is 3.47. The van der Waals surface area contributed by atoms with Crippen molar-refractivity contribution in [3.63, 3.8) is 0 Å². The normalized spacial score (nSPS) is 22.7. The quantitative estimate of drug-likeness (QED) is 0.771. The van der Waals surface area contributed by atoms with Crippen molar-refractivity contribution in [2.45, 2.75) is 51.6 Å². The first-order valence-electron chi connectivity index (χ1n) is 10.0. The zero-order valence-corrected chi connectivity index (χ0v) is 15.9. The van der Waals surface area contributed by atoms with Crippen LogP contribution >= 0.6 is 0 Å². The van der Waals surface area contributed by atoms with E-state index in [0.717, 1.165) is 51.3 Å². The molecule has 0 aliphatic carbocycles. The van der Waals surface area contributed by atoms with E-state index in [-0.39, 0.29) is 12.0 Å². The Balaban J connectivity index is 1.29. The molecule has 1 atom stereocenters. The molecule has 2 fully saturated rings. The van der Waals surface area contributed by atoms with Gasteiger partial charge in [0, 0.05) is 26.1 Å². The van der Waals surface area contributed by atoms with Crippen molar-refractivity contribution in [1.29, 1.82) is 0 Å². The molecule has 1 aromatic rings. The summed E-state index contributed by atoms with van der Waals surface area (Å²) in [5.41, 5.74) is 1.33. The molecule has 0 aromatic carbocycles. The molecule has 5 heteroatoms. The van der Waals surface area contributed by atoms with Crippen molar-refractivity contribution in [2.24, 2.45) is 5.92 Å². The monoisotopic (exact) mass is 360 g/mol. The smallest absolute Gasteiger partial charge is 0.220 e. The molecule has 3 rings (SSSR count). The fourth-order valence-electron chi connectivity index (χ4n) is 3.90. The Kier molecular flexibility index (Phi) is 7.32. The third-order valence-corrected chi connectivity index (χ3v) is 5.44. The van der Waals surface area contributed by atoms with Gasteiger partial charge in [0.05, 0.1) is 12.4 Å². The molecular weight excluding hydrogens is 328 g/mol. The molecule has 1 aromatic heterocycles.